The van der Waals surface area contributed by atoms with Crippen LogP contribution < -0.4 is 4.90 Å². The van der Waals surface area contributed by atoms with Crippen LogP contribution in [0.1, 0.15) is 11.3 Å². The highest BCUT2D eigenvalue weighted by molar-refractivity contribution is 7.90. The topological polar surface area (TPSA) is 52.1 Å². The summed E-state index contributed by atoms with van der Waals surface area (Å²) in [5.41, 5.74) is 4.46. The standard InChI is InChI=1S/C18H19N3OS/c1-13-18(20-16-10-6-5-9-15(16)19-13)23(22)12-14-8-4-7-11-17(14)21(2)3/h4-11H,12H2,1-3H3. The Hall–Kier alpha value is -2.11. The predicted molar refractivity (Wildman–Crippen MR) is 95.2 cm³/mol. The van der Waals surface area contributed by atoms with Crippen LogP contribution in [0.2, 0.25) is 0 Å². The Morgan fingerprint density at radius 3 is 2.26 bits per heavy atom. The van der Waals surface area contributed by atoms with E-state index in [0.717, 1.165) is 28.0 Å². The van der Waals surface area contributed by atoms with Crippen molar-refractivity contribution in [1.82, 2.24) is 9.97 Å². The molecule has 1 unspecified atom stereocenters. The first-order valence-corrected chi connectivity index (χ1v) is 8.75. The lowest BCUT2D eigenvalue weighted by molar-refractivity contribution is 0.589. The number of aryl methyl sites for hydroxylation is 1. The summed E-state index contributed by atoms with van der Waals surface area (Å²) in [4.78, 5) is 11.1. The van der Waals surface area contributed by atoms with Gasteiger partial charge in [-0.1, -0.05) is 30.3 Å². The van der Waals surface area contributed by atoms with Gasteiger partial charge in [0.15, 0.2) is 0 Å². The molecule has 0 radical (unpaired) electrons. The van der Waals surface area contributed by atoms with Crippen LogP contribution in [-0.2, 0) is 16.9 Å². The number of fused-ring (bicyclic) bond motifs is 1. The zero-order valence-electron chi connectivity index (χ0n) is 13.5. The second kappa shape index (κ2) is 6.56. The Morgan fingerprint density at radius 2 is 1.57 bits per heavy atom. The first kappa shape index (κ1) is 15.8. The highest BCUT2D eigenvalue weighted by atomic mass is 32.2. The molecule has 0 saturated carbocycles. The number of hydrogen-bond donors (Lipinski definition) is 0. The average molecular weight is 325 g/mol. The molecule has 0 amide bonds. The molecule has 0 aliphatic carbocycles. The van der Waals surface area contributed by atoms with E-state index in [1.165, 1.54) is 0 Å². The van der Waals surface area contributed by atoms with E-state index in [4.69, 9.17) is 0 Å². The van der Waals surface area contributed by atoms with Crippen molar-refractivity contribution in [2.75, 3.05) is 19.0 Å². The van der Waals surface area contributed by atoms with Crippen molar-refractivity contribution < 1.29 is 4.55 Å². The molecule has 0 saturated heterocycles. The summed E-state index contributed by atoms with van der Waals surface area (Å²) < 4.78 is 12.8. The van der Waals surface area contributed by atoms with E-state index in [-0.39, 0.29) is 0 Å². The van der Waals surface area contributed by atoms with Gasteiger partial charge in [0.2, 0.25) is 0 Å². The van der Waals surface area contributed by atoms with E-state index in [2.05, 4.69) is 9.97 Å². The first-order valence-electron chi connectivity index (χ1n) is 7.43. The number of anilines is 1. The van der Waals surface area contributed by atoms with Crippen LogP contribution in [0.25, 0.3) is 11.0 Å². The summed E-state index contributed by atoms with van der Waals surface area (Å²) in [6, 6.07) is 15.7. The minimum Gasteiger partial charge on any atom is -0.610 e. The maximum Gasteiger partial charge on any atom is 0.266 e. The SMILES string of the molecule is Cc1nc2ccccc2nc1[S+]([O-])Cc1ccccc1N(C)C. The zero-order valence-corrected chi connectivity index (χ0v) is 14.3. The van der Waals surface area contributed by atoms with Crippen LogP contribution in [0.3, 0.4) is 0 Å². The Kier molecular flexibility index (Phi) is 4.50. The molecule has 118 valence electrons. The molecule has 1 heterocycles. The number of nitrogens with zero attached hydrogens (tertiary/aromatic N) is 3. The highest BCUT2D eigenvalue weighted by Crippen LogP contribution is 2.25. The van der Waals surface area contributed by atoms with Crippen molar-refractivity contribution in [1.29, 1.82) is 0 Å². The molecule has 2 aromatic carbocycles. The molecule has 23 heavy (non-hydrogen) atoms. The summed E-state index contributed by atoms with van der Waals surface area (Å²) >= 11 is -1.23. The summed E-state index contributed by atoms with van der Waals surface area (Å²) in [6.07, 6.45) is 0. The van der Waals surface area contributed by atoms with Crippen LogP contribution in [0, 0.1) is 6.92 Å². The van der Waals surface area contributed by atoms with Gasteiger partial charge in [0.1, 0.15) is 11.4 Å². The molecule has 0 aliphatic rings. The van der Waals surface area contributed by atoms with Crippen LogP contribution in [0.4, 0.5) is 5.69 Å². The Balaban J connectivity index is 1.95. The average Bonchev–Trinajstić information content (AvgIpc) is 2.54. The van der Waals surface area contributed by atoms with Gasteiger partial charge in [-0.3, -0.25) is 0 Å². The van der Waals surface area contributed by atoms with Gasteiger partial charge in [-0.25, -0.2) is 4.98 Å². The van der Waals surface area contributed by atoms with Gasteiger partial charge in [0, 0.05) is 36.5 Å². The summed E-state index contributed by atoms with van der Waals surface area (Å²) in [7, 11) is 3.98. The largest absolute Gasteiger partial charge is 0.610 e. The highest BCUT2D eigenvalue weighted by Gasteiger charge is 2.20. The van der Waals surface area contributed by atoms with Crippen molar-refractivity contribution in [2.45, 2.75) is 17.7 Å². The van der Waals surface area contributed by atoms with E-state index in [9.17, 15) is 4.55 Å². The molecule has 5 heteroatoms. The molecule has 3 aromatic rings. The lowest BCUT2D eigenvalue weighted by Crippen LogP contribution is -2.15. The van der Waals surface area contributed by atoms with Gasteiger partial charge in [0.25, 0.3) is 5.03 Å². The van der Waals surface area contributed by atoms with Crippen LogP contribution >= 0.6 is 0 Å². The fraction of sp³-hybridized carbons (Fsp3) is 0.222. The lowest BCUT2D eigenvalue weighted by Gasteiger charge is -2.18. The zero-order chi connectivity index (χ0) is 16.4. The summed E-state index contributed by atoms with van der Waals surface area (Å²) in [5, 5.41) is 0.567. The van der Waals surface area contributed by atoms with Crippen LogP contribution in [0.5, 0.6) is 0 Å². The fourth-order valence-electron chi connectivity index (χ4n) is 2.57. The third-order valence-electron chi connectivity index (χ3n) is 3.68. The third kappa shape index (κ3) is 3.30. The summed E-state index contributed by atoms with van der Waals surface area (Å²) in [6.45, 7) is 1.87. The molecular weight excluding hydrogens is 306 g/mol. The maximum atomic E-state index is 12.8. The van der Waals surface area contributed by atoms with Crippen molar-refractivity contribution in [3.63, 3.8) is 0 Å². The Labute approximate surface area is 139 Å². The van der Waals surface area contributed by atoms with E-state index < -0.39 is 11.2 Å². The number of rotatable bonds is 4. The smallest absolute Gasteiger partial charge is 0.266 e. The molecule has 3 rings (SSSR count). The van der Waals surface area contributed by atoms with Crippen molar-refractivity contribution in [2.24, 2.45) is 0 Å². The van der Waals surface area contributed by atoms with Gasteiger partial charge in [-0.2, -0.15) is 4.98 Å². The second-order valence-electron chi connectivity index (χ2n) is 5.62. The summed E-state index contributed by atoms with van der Waals surface area (Å²) in [5.74, 6) is 0.433. The third-order valence-corrected chi connectivity index (χ3v) is 5.07. The molecular formula is C18H19N3OS. The quantitative estimate of drug-likeness (QED) is 0.691. The lowest BCUT2D eigenvalue weighted by atomic mass is 10.2. The molecule has 0 bridgehead atoms. The number of para-hydroxylation sites is 3. The first-order chi connectivity index (χ1) is 11.1. The molecule has 0 aliphatic heterocycles. The molecule has 0 fully saturated rings. The normalized spacial score (nSPS) is 12.3. The molecule has 1 atom stereocenters. The van der Waals surface area contributed by atoms with Crippen molar-refractivity contribution in [3.05, 3.63) is 59.8 Å². The molecule has 4 nitrogen and oxygen atoms in total. The van der Waals surface area contributed by atoms with Gasteiger partial charge < -0.3 is 9.45 Å². The van der Waals surface area contributed by atoms with E-state index in [0.29, 0.717) is 10.8 Å². The molecule has 0 spiro atoms. The van der Waals surface area contributed by atoms with E-state index >= 15 is 0 Å². The van der Waals surface area contributed by atoms with Crippen LogP contribution in [0.15, 0.2) is 53.6 Å². The molecule has 0 N–H and O–H groups in total. The van der Waals surface area contributed by atoms with Gasteiger partial charge in [-0.05, 0) is 25.1 Å². The monoisotopic (exact) mass is 325 g/mol. The predicted octanol–water partition coefficient (Wildman–Crippen LogP) is 3.31. The van der Waals surface area contributed by atoms with E-state index in [1.54, 1.807) is 0 Å². The number of hydrogen-bond acceptors (Lipinski definition) is 4. The Bertz CT molecular complexity index is 835. The van der Waals surface area contributed by atoms with Crippen molar-refractivity contribution in [3.8, 4) is 0 Å². The number of benzene rings is 2. The van der Waals surface area contributed by atoms with Gasteiger partial charge >= 0.3 is 0 Å². The van der Waals surface area contributed by atoms with Crippen molar-refractivity contribution >= 4 is 27.9 Å². The Morgan fingerprint density at radius 1 is 0.957 bits per heavy atom. The minimum absolute atomic E-state index is 0.433. The van der Waals surface area contributed by atoms with Gasteiger partial charge in [-0.15, -0.1) is 0 Å². The maximum absolute atomic E-state index is 12.8. The second-order valence-corrected chi connectivity index (χ2v) is 6.98. The minimum atomic E-state index is -1.23. The van der Waals surface area contributed by atoms with Gasteiger partial charge in [0.05, 0.1) is 11.0 Å². The number of aromatic nitrogens is 2. The molecule has 1 aromatic heterocycles. The van der Waals surface area contributed by atoms with Crippen LogP contribution in [-0.4, -0.2) is 28.6 Å². The van der Waals surface area contributed by atoms with E-state index in [1.807, 2.05) is 74.4 Å². The fourth-order valence-corrected chi connectivity index (χ4v) is 3.81.